The number of benzene rings is 1. The van der Waals surface area contributed by atoms with Gasteiger partial charge in [-0.2, -0.15) is 0 Å². The molecular formula is C11H14O4. The fourth-order valence-electron chi connectivity index (χ4n) is 1.42. The average Bonchev–Trinajstić information content (AvgIpc) is 2.26. The summed E-state index contributed by atoms with van der Waals surface area (Å²) < 4.78 is 4.91. The van der Waals surface area contributed by atoms with E-state index < -0.39 is 18.0 Å². The number of carboxylic acids is 1. The van der Waals surface area contributed by atoms with E-state index in [1.165, 1.54) is 7.11 Å². The van der Waals surface area contributed by atoms with Crippen LogP contribution in [0.25, 0.3) is 0 Å². The van der Waals surface area contributed by atoms with Gasteiger partial charge in [0.1, 0.15) is 0 Å². The van der Waals surface area contributed by atoms with Crippen LogP contribution in [-0.2, 0) is 9.53 Å². The first kappa shape index (κ1) is 11.7. The lowest BCUT2D eigenvalue weighted by molar-refractivity contribution is -0.148. The number of carbonyl (C=O) groups is 1. The van der Waals surface area contributed by atoms with Crippen LogP contribution in [0.15, 0.2) is 30.3 Å². The molecule has 1 aromatic rings. The minimum Gasteiger partial charge on any atom is -0.479 e. The maximum atomic E-state index is 10.7. The summed E-state index contributed by atoms with van der Waals surface area (Å²) in [7, 11) is 1.48. The Kier molecular flexibility index (Phi) is 4.27. The smallest absolute Gasteiger partial charge is 0.333 e. The largest absolute Gasteiger partial charge is 0.479 e. The van der Waals surface area contributed by atoms with Crippen molar-refractivity contribution in [2.45, 2.75) is 12.0 Å². The number of hydrogen-bond donors (Lipinski definition) is 2. The Morgan fingerprint density at radius 3 is 2.47 bits per heavy atom. The molecule has 0 aliphatic carbocycles. The molecule has 0 saturated heterocycles. The summed E-state index contributed by atoms with van der Waals surface area (Å²) >= 11 is 0. The Hall–Kier alpha value is -1.39. The zero-order valence-electron chi connectivity index (χ0n) is 8.46. The van der Waals surface area contributed by atoms with Crippen LogP contribution in [0, 0.1) is 0 Å². The van der Waals surface area contributed by atoms with E-state index in [-0.39, 0.29) is 6.61 Å². The predicted molar refractivity (Wildman–Crippen MR) is 54.7 cm³/mol. The summed E-state index contributed by atoms with van der Waals surface area (Å²) in [6.07, 6.45) is -1.44. The molecule has 0 radical (unpaired) electrons. The average molecular weight is 210 g/mol. The first-order valence-corrected chi connectivity index (χ1v) is 4.61. The molecule has 0 amide bonds. The molecule has 0 saturated carbocycles. The maximum absolute atomic E-state index is 10.7. The lowest BCUT2D eigenvalue weighted by Crippen LogP contribution is -2.30. The maximum Gasteiger partial charge on any atom is 0.333 e. The summed E-state index contributed by atoms with van der Waals surface area (Å²) in [5.74, 6) is -1.77. The second kappa shape index (κ2) is 5.48. The van der Waals surface area contributed by atoms with Gasteiger partial charge in [-0.25, -0.2) is 4.79 Å². The van der Waals surface area contributed by atoms with Gasteiger partial charge in [-0.3, -0.25) is 0 Å². The Bertz CT molecular complexity index is 310. The summed E-state index contributed by atoms with van der Waals surface area (Å²) in [6.45, 7) is 0.178. The third-order valence-electron chi connectivity index (χ3n) is 2.21. The number of methoxy groups -OCH3 is 1. The van der Waals surface area contributed by atoms with Crippen molar-refractivity contribution in [3.05, 3.63) is 35.9 Å². The molecule has 4 nitrogen and oxygen atoms in total. The van der Waals surface area contributed by atoms with Crippen LogP contribution in [0.5, 0.6) is 0 Å². The molecule has 0 fully saturated rings. The SMILES string of the molecule is COCC(c1ccccc1)C(O)C(=O)O. The van der Waals surface area contributed by atoms with Crippen LogP contribution in [0.2, 0.25) is 0 Å². The molecule has 0 aromatic heterocycles. The van der Waals surface area contributed by atoms with Gasteiger partial charge in [0.05, 0.1) is 6.61 Å². The van der Waals surface area contributed by atoms with Crippen molar-refractivity contribution in [3.63, 3.8) is 0 Å². The third kappa shape index (κ3) is 3.04. The molecule has 0 spiro atoms. The minimum atomic E-state index is -1.44. The molecule has 0 bridgehead atoms. The van der Waals surface area contributed by atoms with Crippen LogP contribution < -0.4 is 0 Å². The predicted octanol–water partition coefficient (Wildman–Crippen LogP) is 0.862. The molecule has 2 atom stereocenters. The third-order valence-corrected chi connectivity index (χ3v) is 2.21. The molecule has 1 rings (SSSR count). The van der Waals surface area contributed by atoms with Gasteiger partial charge >= 0.3 is 5.97 Å². The number of hydrogen-bond acceptors (Lipinski definition) is 3. The Morgan fingerprint density at radius 2 is 2.00 bits per heavy atom. The lowest BCUT2D eigenvalue weighted by atomic mass is 9.94. The quantitative estimate of drug-likeness (QED) is 0.756. The molecule has 0 aliphatic rings. The van der Waals surface area contributed by atoms with E-state index in [9.17, 15) is 9.90 Å². The van der Waals surface area contributed by atoms with Crippen LogP contribution in [-0.4, -0.2) is 36.0 Å². The summed E-state index contributed by atoms with van der Waals surface area (Å²) in [4.78, 5) is 10.7. The van der Waals surface area contributed by atoms with Gasteiger partial charge in [-0.05, 0) is 5.56 Å². The topological polar surface area (TPSA) is 66.8 Å². The summed E-state index contributed by atoms with van der Waals surface area (Å²) in [5.41, 5.74) is 0.759. The Balaban J connectivity index is 2.87. The molecule has 15 heavy (non-hydrogen) atoms. The van der Waals surface area contributed by atoms with E-state index in [4.69, 9.17) is 9.84 Å². The normalized spacial score (nSPS) is 14.5. The van der Waals surface area contributed by atoms with Gasteiger partial charge in [0.15, 0.2) is 6.10 Å². The van der Waals surface area contributed by atoms with Gasteiger partial charge < -0.3 is 14.9 Å². The number of aliphatic hydroxyl groups excluding tert-OH is 1. The lowest BCUT2D eigenvalue weighted by Gasteiger charge is -2.19. The minimum absolute atomic E-state index is 0.178. The van der Waals surface area contributed by atoms with Gasteiger partial charge in [0.2, 0.25) is 0 Å². The number of ether oxygens (including phenoxy) is 1. The zero-order chi connectivity index (χ0) is 11.3. The second-order valence-electron chi connectivity index (χ2n) is 3.26. The van der Waals surface area contributed by atoms with E-state index in [2.05, 4.69) is 0 Å². The van der Waals surface area contributed by atoms with Crippen molar-refractivity contribution in [1.29, 1.82) is 0 Å². The molecule has 1 aromatic carbocycles. The highest BCUT2D eigenvalue weighted by atomic mass is 16.5. The van der Waals surface area contributed by atoms with Crippen molar-refractivity contribution in [3.8, 4) is 0 Å². The van der Waals surface area contributed by atoms with E-state index in [0.29, 0.717) is 0 Å². The van der Waals surface area contributed by atoms with Crippen LogP contribution in [0.4, 0.5) is 0 Å². The molecule has 0 aliphatic heterocycles. The Morgan fingerprint density at radius 1 is 1.40 bits per heavy atom. The van der Waals surface area contributed by atoms with E-state index in [0.717, 1.165) is 5.56 Å². The van der Waals surface area contributed by atoms with Gasteiger partial charge in [-0.1, -0.05) is 30.3 Å². The van der Waals surface area contributed by atoms with Gasteiger partial charge in [0, 0.05) is 13.0 Å². The standard InChI is InChI=1S/C11H14O4/c1-15-7-9(10(12)11(13)14)8-5-3-2-4-6-8/h2-6,9-10,12H,7H2,1H3,(H,13,14). The fourth-order valence-corrected chi connectivity index (χ4v) is 1.42. The molecule has 4 heteroatoms. The van der Waals surface area contributed by atoms with E-state index in [1.807, 2.05) is 6.07 Å². The first-order chi connectivity index (χ1) is 7.16. The van der Waals surface area contributed by atoms with Gasteiger partial charge in [0.25, 0.3) is 0 Å². The number of aliphatic carboxylic acids is 1. The van der Waals surface area contributed by atoms with Crippen LogP contribution >= 0.6 is 0 Å². The molecule has 0 heterocycles. The zero-order valence-corrected chi connectivity index (χ0v) is 8.46. The number of aliphatic hydroxyl groups is 1. The van der Waals surface area contributed by atoms with Crippen molar-refractivity contribution < 1.29 is 19.7 Å². The van der Waals surface area contributed by atoms with Crippen molar-refractivity contribution >= 4 is 5.97 Å². The van der Waals surface area contributed by atoms with Crippen molar-refractivity contribution in [1.82, 2.24) is 0 Å². The van der Waals surface area contributed by atoms with Crippen molar-refractivity contribution in [2.24, 2.45) is 0 Å². The fraction of sp³-hybridized carbons (Fsp3) is 0.364. The molecule has 82 valence electrons. The highest BCUT2D eigenvalue weighted by molar-refractivity contribution is 5.73. The highest BCUT2D eigenvalue weighted by Gasteiger charge is 2.26. The van der Waals surface area contributed by atoms with E-state index >= 15 is 0 Å². The number of carboxylic acid groups (broad SMARTS) is 1. The monoisotopic (exact) mass is 210 g/mol. The van der Waals surface area contributed by atoms with Gasteiger partial charge in [-0.15, -0.1) is 0 Å². The highest BCUT2D eigenvalue weighted by Crippen LogP contribution is 2.20. The van der Waals surface area contributed by atoms with Crippen molar-refractivity contribution in [2.75, 3.05) is 13.7 Å². The molecular weight excluding hydrogens is 196 g/mol. The molecule has 2 N–H and O–H groups in total. The molecule has 2 unspecified atom stereocenters. The first-order valence-electron chi connectivity index (χ1n) is 4.61. The number of rotatable bonds is 5. The summed E-state index contributed by atoms with van der Waals surface area (Å²) in [6, 6.07) is 8.98. The summed E-state index contributed by atoms with van der Waals surface area (Å²) in [5, 5.41) is 18.2. The Labute approximate surface area is 88.1 Å². The van der Waals surface area contributed by atoms with Crippen LogP contribution in [0.3, 0.4) is 0 Å². The van der Waals surface area contributed by atoms with Crippen LogP contribution in [0.1, 0.15) is 11.5 Å². The second-order valence-corrected chi connectivity index (χ2v) is 3.26. The van der Waals surface area contributed by atoms with E-state index in [1.54, 1.807) is 24.3 Å².